The van der Waals surface area contributed by atoms with E-state index in [0.29, 0.717) is 13.1 Å². The minimum atomic E-state index is 0.0504. The molecule has 0 aromatic rings. The molecule has 11 heavy (non-hydrogen) atoms. The van der Waals surface area contributed by atoms with Crippen LogP contribution in [0.15, 0.2) is 0 Å². The van der Waals surface area contributed by atoms with Crippen molar-refractivity contribution in [3.05, 3.63) is 0 Å². The van der Waals surface area contributed by atoms with Crippen molar-refractivity contribution >= 4 is 11.6 Å². The molecule has 0 spiro atoms. The summed E-state index contributed by atoms with van der Waals surface area (Å²) in [7, 11) is 0. The van der Waals surface area contributed by atoms with Gasteiger partial charge in [-0.25, -0.2) is 0 Å². The van der Waals surface area contributed by atoms with Crippen LogP contribution in [0.1, 0.15) is 20.8 Å². The van der Waals surface area contributed by atoms with Crippen molar-refractivity contribution in [3.63, 3.8) is 0 Å². The molecular formula is C8H15NO2. The lowest BCUT2D eigenvalue weighted by atomic mass is 10.1. The highest BCUT2D eigenvalue weighted by molar-refractivity contribution is 5.83. The Balaban J connectivity index is 3.39. The molecule has 0 fully saturated rings. The molecule has 0 heterocycles. The summed E-state index contributed by atoms with van der Waals surface area (Å²) in [4.78, 5) is 21.4. The Morgan fingerprint density at radius 1 is 1.27 bits per heavy atom. The standard InChI is InChI=1S/C8H15NO2/c1-6(2)8(11)5-9-4-7(3)10/h6,9H,4-5H2,1-3H3. The number of rotatable bonds is 5. The zero-order valence-electron chi connectivity index (χ0n) is 7.31. The molecule has 0 aromatic heterocycles. The third-order valence-corrected chi connectivity index (χ3v) is 1.32. The van der Waals surface area contributed by atoms with Crippen LogP contribution in [0.25, 0.3) is 0 Å². The summed E-state index contributed by atoms with van der Waals surface area (Å²) >= 11 is 0. The second-order valence-electron chi connectivity index (χ2n) is 2.93. The van der Waals surface area contributed by atoms with E-state index in [2.05, 4.69) is 5.32 Å². The first-order valence-corrected chi connectivity index (χ1v) is 3.77. The quantitative estimate of drug-likeness (QED) is 0.628. The summed E-state index contributed by atoms with van der Waals surface area (Å²) in [6.07, 6.45) is 0. The van der Waals surface area contributed by atoms with E-state index in [1.165, 1.54) is 6.92 Å². The third kappa shape index (κ3) is 5.73. The van der Waals surface area contributed by atoms with Crippen molar-refractivity contribution in [2.75, 3.05) is 13.1 Å². The van der Waals surface area contributed by atoms with Crippen LogP contribution in [-0.4, -0.2) is 24.7 Å². The van der Waals surface area contributed by atoms with E-state index in [1.54, 1.807) is 0 Å². The van der Waals surface area contributed by atoms with Crippen LogP contribution in [0.5, 0.6) is 0 Å². The lowest BCUT2D eigenvalue weighted by Crippen LogP contribution is -2.29. The zero-order valence-corrected chi connectivity index (χ0v) is 7.31. The number of Topliss-reactive ketones (excluding diaryl/α,β-unsaturated/α-hetero) is 2. The average molecular weight is 157 g/mol. The van der Waals surface area contributed by atoms with Gasteiger partial charge in [-0.1, -0.05) is 13.8 Å². The molecule has 64 valence electrons. The first-order valence-electron chi connectivity index (χ1n) is 3.77. The monoisotopic (exact) mass is 157 g/mol. The summed E-state index contributed by atoms with van der Waals surface area (Å²) in [5.74, 6) is 0.252. The lowest BCUT2D eigenvalue weighted by Gasteiger charge is -2.03. The van der Waals surface area contributed by atoms with Gasteiger partial charge in [0.25, 0.3) is 0 Å². The lowest BCUT2D eigenvalue weighted by molar-refractivity contribution is -0.121. The van der Waals surface area contributed by atoms with Crippen LogP contribution in [0.3, 0.4) is 0 Å². The highest BCUT2D eigenvalue weighted by Gasteiger charge is 2.05. The van der Waals surface area contributed by atoms with E-state index in [-0.39, 0.29) is 17.5 Å². The van der Waals surface area contributed by atoms with Crippen LogP contribution in [0.2, 0.25) is 0 Å². The van der Waals surface area contributed by atoms with Crippen LogP contribution in [0, 0.1) is 5.92 Å². The smallest absolute Gasteiger partial charge is 0.149 e. The van der Waals surface area contributed by atoms with Crippen LogP contribution in [-0.2, 0) is 9.59 Å². The van der Waals surface area contributed by atoms with E-state index in [4.69, 9.17) is 0 Å². The Kier molecular flexibility index (Phi) is 4.70. The normalized spacial score (nSPS) is 10.2. The second-order valence-corrected chi connectivity index (χ2v) is 2.93. The molecule has 0 rings (SSSR count). The zero-order chi connectivity index (χ0) is 8.85. The topological polar surface area (TPSA) is 46.2 Å². The predicted octanol–water partition coefficient (Wildman–Crippen LogP) is 0.390. The highest BCUT2D eigenvalue weighted by atomic mass is 16.1. The van der Waals surface area contributed by atoms with Gasteiger partial charge in [-0.15, -0.1) is 0 Å². The molecule has 0 aliphatic rings. The molecule has 0 saturated heterocycles. The molecule has 0 aliphatic heterocycles. The molecule has 1 N–H and O–H groups in total. The predicted molar refractivity (Wildman–Crippen MR) is 43.4 cm³/mol. The van der Waals surface area contributed by atoms with E-state index >= 15 is 0 Å². The Morgan fingerprint density at radius 3 is 2.18 bits per heavy atom. The first kappa shape index (κ1) is 10.3. The SMILES string of the molecule is CC(=O)CNCC(=O)C(C)C. The van der Waals surface area contributed by atoms with Gasteiger partial charge < -0.3 is 5.32 Å². The molecular weight excluding hydrogens is 142 g/mol. The maximum absolute atomic E-state index is 11.0. The second kappa shape index (κ2) is 5.02. The van der Waals surface area contributed by atoms with Crippen molar-refractivity contribution < 1.29 is 9.59 Å². The summed E-state index contributed by atoms with van der Waals surface area (Å²) in [5.41, 5.74) is 0. The van der Waals surface area contributed by atoms with E-state index < -0.39 is 0 Å². The van der Waals surface area contributed by atoms with Crippen molar-refractivity contribution in [3.8, 4) is 0 Å². The fourth-order valence-corrected chi connectivity index (χ4v) is 0.566. The maximum atomic E-state index is 11.0. The number of carbonyl (C=O) groups is 2. The minimum Gasteiger partial charge on any atom is -0.303 e. The molecule has 0 atom stereocenters. The molecule has 0 amide bonds. The molecule has 0 bridgehead atoms. The molecule has 0 unspecified atom stereocenters. The Hall–Kier alpha value is -0.700. The Morgan fingerprint density at radius 2 is 1.82 bits per heavy atom. The van der Waals surface area contributed by atoms with Crippen molar-refractivity contribution in [1.29, 1.82) is 0 Å². The number of ketones is 2. The van der Waals surface area contributed by atoms with Gasteiger partial charge in [-0.2, -0.15) is 0 Å². The van der Waals surface area contributed by atoms with Crippen LogP contribution >= 0.6 is 0 Å². The summed E-state index contributed by atoms with van der Waals surface area (Å²) < 4.78 is 0. The number of hydrogen-bond acceptors (Lipinski definition) is 3. The number of nitrogens with one attached hydrogen (secondary N) is 1. The fourth-order valence-electron chi connectivity index (χ4n) is 0.566. The number of hydrogen-bond donors (Lipinski definition) is 1. The fraction of sp³-hybridized carbons (Fsp3) is 0.750. The van der Waals surface area contributed by atoms with Gasteiger partial charge in [0.05, 0.1) is 13.1 Å². The Bertz CT molecular complexity index is 152. The van der Waals surface area contributed by atoms with E-state index in [9.17, 15) is 9.59 Å². The minimum absolute atomic E-state index is 0.0504. The average Bonchev–Trinajstić information content (AvgIpc) is 1.86. The van der Waals surface area contributed by atoms with Crippen molar-refractivity contribution in [2.45, 2.75) is 20.8 Å². The van der Waals surface area contributed by atoms with Gasteiger partial charge in [0, 0.05) is 5.92 Å². The van der Waals surface area contributed by atoms with Crippen molar-refractivity contribution in [1.82, 2.24) is 5.32 Å². The van der Waals surface area contributed by atoms with Gasteiger partial charge in [-0.05, 0) is 6.92 Å². The summed E-state index contributed by atoms with van der Waals surface area (Å²) in [6.45, 7) is 5.78. The van der Waals surface area contributed by atoms with E-state index in [1.807, 2.05) is 13.8 Å². The van der Waals surface area contributed by atoms with Crippen LogP contribution < -0.4 is 5.32 Å². The Labute approximate surface area is 67.2 Å². The summed E-state index contributed by atoms with van der Waals surface area (Å²) in [5, 5.41) is 2.77. The van der Waals surface area contributed by atoms with Gasteiger partial charge in [-0.3, -0.25) is 9.59 Å². The summed E-state index contributed by atoms with van der Waals surface area (Å²) in [6, 6.07) is 0. The molecule has 0 aliphatic carbocycles. The first-order chi connectivity index (χ1) is 5.04. The largest absolute Gasteiger partial charge is 0.303 e. The van der Waals surface area contributed by atoms with Gasteiger partial charge >= 0.3 is 0 Å². The van der Waals surface area contributed by atoms with Gasteiger partial charge in [0.1, 0.15) is 11.6 Å². The van der Waals surface area contributed by atoms with Gasteiger partial charge in [0.2, 0.25) is 0 Å². The number of carbonyl (C=O) groups excluding carboxylic acids is 2. The molecule has 0 aromatic carbocycles. The van der Waals surface area contributed by atoms with Crippen molar-refractivity contribution in [2.24, 2.45) is 5.92 Å². The maximum Gasteiger partial charge on any atom is 0.149 e. The molecule has 3 nitrogen and oxygen atoms in total. The molecule has 0 radical (unpaired) electrons. The van der Waals surface area contributed by atoms with Crippen LogP contribution in [0.4, 0.5) is 0 Å². The molecule has 3 heteroatoms. The molecule has 0 saturated carbocycles. The highest BCUT2D eigenvalue weighted by Crippen LogP contribution is 1.91. The van der Waals surface area contributed by atoms with E-state index in [0.717, 1.165) is 0 Å². The van der Waals surface area contributed by atoms with Gasteiger partial charge in [0.15, 0.2) is 0 Å². The third-order valence-electron chi connectivity index (χ3n) is 1.32.